The van der Waals surface area contributed by atoms with Gasteiger partial charge < -0.3 is 20.1 Å². The van der Waals surface area contributed by atoms with Gasteiger partial charge in [0.1, 0.15) is 23.0 Å². The Hall–Kier alpha value is -3.05. The summed E-state index contributed by atoms with van der Waals surface area (Å²) in [6, 6.07) is 13.4. The number of phenols is 2. The summed E-state index contributed by atoms with van der Waals surface area (Å²) >= 11 is 0. The van der Waals surface area contributed by atoms with Gasteiger partial charge in [-0.05, 0) is 36.1 Å². The van der Waals surface area contributed by atoms with Crippen molar-refractivity contribution in [3.8, 4) is 23.0 Å². The van der Waals surface area contributed by atoms with Crippen LogP contribution in [-0.4, -0.2) is 21.1 Å². The summed E-state index contributed by atoms with van der Waals surface area (Å²) in [4.78, 5) is 12.4. The second-order valence-electron chi connectivity index (χ2n) is 6.08. The molecule has 0 heterocycles. The van der Waals surface area contributed by atoms with E-state index in [-0.39, 0.29) is 47.0 Å². The third-order valence-electron chi connectivity index (χ3n) is 4.51. The molecule has 1 unspecified atom stereocenters. The highest BCUT2D eigenvalue weighted by atomic mass is 16.5. The second kappa shape index (κ2) is 5.79. The van der Waals surface area contributed by atoms with E-state index in [1.54, 1.807) is 24.3 Å². The SMILES string of the molecule is O=C1CCC(O)c2c(O)ccc(Oc3cccc4cccc(O)c34)c21. The number of aromatic hydroxyl groups is 2. The monoisotopic (exact) mass is 336 g/mol. The van der Waals surface area contributed by atoms with E-state index in [2.05, 4.69) is 0 Å². The van der Waals surface area contributed by atoms with Crippen molar-refractivity contribution in [1.29, 1.82) is 0 Å². The normalized spacial score (nSPS) is 16.7. The molecule has 1 aliphatic rings. The van der Waals surface area contributed by atoms with Crippen LogP contribution in [0, 0.1) is 0 Å². The number of aliphatic hydroxyl groups excluding tert-OH is 1. The van der Waals surface area contributed by atoms with Gasteiger partial charge in [-0.25, -0.2) is 0 Å². The molecule has 3 aromatic carbocycles. The number of aliphatic hydroxyl groups is 1. The fourth-order valence-corrected chi connectivity index (χ4v) is 3.33. The van der Waals surface area contributed by atoms with E-state index in [0.717, 1.165) is 5.39 Å². The van der Waals surface area contributed by atoms with Crippen molar-refractivity contribution >= 4 is 16.6 Å². The minimum absolute atomic E-state index is 0.0760. The lowest BCUT2D eigenvalue weighted by molar-refractivity contribution is 0.0888. The Balaban J connectivity index is 1.89. The van der Waals surface area contributed by atoms with Gasteiger partial charge in [0.2, 0.25) is 0 Å². The molecule has 25 heavy (non-hydrogen) atoms. The summed E-state index contributed by atoms with van der Waals surface area (Å²) in [5.74, 6) is 0.426. The fourth-order valence-electron chi connectivity index (χ4n) is 3.33. The molecule has 0 saturated carbocycles. The van der Waals surface area contributed by atoms with Gasteiger partial charge in [0.25, 0.3) is 0 Å². The number of fused-ring (bicyclic) bond motifs is 2. The molecule has 3 N–H and O–H groups in total. The van der Waals surface area contributed by atoms with Gasteiger partial charge in [-0.1, -0.05) is 24.3 Å². The van der Waals surface area contributed by atoms with Gasteiger partial charge in [-0.2, -0.15) is 0 Å². The molecule has 1 aliphatic carbocycles. The number of benzene rings is 3. The molecule has 0 aliphatic heterocycles. The van der Waals surface area contributed by atoms with Crippen molar-refractivity contribution in [3.63, 3.8) is 0 Å². The van der Waals surface area contributed by atoms with Gasteiger partial charge in [0, 0.05) is 12.0 Å². The highest BCUT2D eigenvalue weighted by Crippen LogP contribution is 2.43. The molecule has 0 radical (unpaired) electrons. The number of hydrogen-bond donors (Lipinski definition) is 3. The van der Waals surface area contributed by atoms with Gasteiger partial charge in [-0.15, -0.1) is 0 Å². The Bertz CT molecular complexity index is 988. The van der Waals surface area contributed by atoms with Crippen LogP contribution in [-0.2, 0) is 0 Å². The molecule has 0 aromatic heterocycles. The maximum absolute atomic E-state index is 12.4. The first kappa shape index (κ1) is 15.5. The minimum Gasteiger partial charge on any atom is -0.508 e. The first-order valence-electron chi connectivity index (χ1n) is 8.02. The molecule has 5 nitrogen and oxygen atoms in total. The molecule has 0 amide bonds. The third kappa shape index (κ3) is 2.49. The molecule has 0 saturated heterocycles. The second-order valence-corrected chi connectivity index (χ2v) is 6.08. The first-order valence-corrected chi connectivity index (χ1v) is 8.02. The van der Waals surface area contributed by atoms with Gasteiger partial charge in [0.05, 0.1) is 17.1 Å². The zero-order valence-electron chi connectivity index (χ0n) is 13.3. The molecule has 5 heteroatoms. The van der Waals surface area contributed by atoms with Gasteiger partial charge in [0.15, 0.2) is 5.78 Å². The summed E-state index contributed by atoms with van der Waals surface area (Å²) in [7, 11) is 0. The minimum atomic E-state index is -0.905. The quantitative estimate of drug-likeness (QED) is 0.657. The smallest absolute Gasteiger partial charge is 0.167 e. The lowest BCUT2D eigenvalue weighted by Crippen LogP contribution is -2.16. The van der Waals surface area contributed by atoms with E-state index in [9.17, 15) is 20.1 Å². The van der Waals surface area contributed by atoms with Crippen molar-refractivity contribution in [2.75, 3.05) is 0 Å². The molecule has 4 rings (SSSR count). The van der Waals surface area contributed by atoms with E-state index >= 15 is 0 Å². The number of Topliss-reactive ketones (excluding diaryl/α,β-unsaturated/α-hetero) is 1. The number of hydrogen-bond acceptors (Lipinski definition) is 5. The average Bonchev–Trinajstić information content (AvgIpc) is 2.60. The van der Waals surface area contributed by atoms with Crippen LogP contribution in [0.5, 0.6) is 23.0 Å². The predicted molar refractivity (Wildman–Crippen MR) is 92.3 cm³/mol. The van der Waals surface area contributed by atoms with Crippen LogP contribution < -0.4 is 4.74 Å². The molecular weight excluding hydrogens is 320 g/mol. The van der Waals surface area contributed by atoms with Crippen LogP contribution in [0.15, 0.2) is 48.5 Å². The summed E-state index contributed by atoms with van der Waals surface area (Å²) in [6.45, 7) is 0. The summed E-state index contributed by atoms with van der Waals surface area (Å²) < 4.78 is 5.94. The van der Waals surface area contributed by atoms with Crippen molar-refractivity contribution in [2.45, 2.75) is 18.9 Å². The Morgan fingerprint density at radius 1 is 0.920 bits per heavy atom. The van der Waals surface area contributed by atoms with E-state index in [4.69, 9.17) is 4.74 Å². The van der Waals surface area contributed by atoms with Crippen LogP contribution in [0.3, 0.4) is 0 Å². The lowest BCUT2D eigenvalue weighted by atomic mass is 9.87. The predicted octanol–water partition coefficient (Wildman–Crippen LogP) is 4.05. The maximum atomic E-state index is 12.4. The molecule has 0 fully saturated rings. The molecule has 3 aromatic rings. The Morgan fingerprint density at radius 2 is 1.68 bits per heavy atom. The summed E-state index contributed by atoms with van der Waals surface area (Å²) in [6.07, 6.45) is -0.440. The van der Waals surface area contributed by atoms with Crippen LogP contribution in [0.2, 0.25) is 0 Å². The highest BCUT2D eigenvalue weighted by molar-refractivity contribution is 6.02. The molecular formula is C20H16O5. The van der Waals surface area contributed by atoms with Crippen LogP contribution in [0.4, 0.5) is 0 Å². The molecule has 1 atom stereocenters. The number of carbonyl (C=O) groups is 1. The molecule has 0 bridgehead atoms. The largest absolute Gasteiger partial charge is 0.508 e. The van der Waals surface area contributed by atoms with E-state index in [1.807, 2.05) is 12.1 Å². The van der Waals surface area contributed by atoms with Crippen LogP contribution in [0.1, 0.15) is 34.9 Å². The highest BCUT2D eigenvalue weighted by Gasteiger charge is 2.30. The van der Waals surface area contributed by atoms with Crippen LogP contribution >= 0.6 is 0 Å². The number of rotatable bonds is 2. The van der Waals surface area contributed by atoms with E-state index < -0.39 is 6.10 Å². The number of ether oxygens (including phenoxy) is 1. The topological polar surface area (TPSA) is 87.0 Å². The Labute approximate surface area is 143 Å². The van der Waals surface area contributed by atoms with Crippen molar-refractivity contribution in [1.82, 2.24) is 0 Å². The fraction of sp³-hybridized carbons (Fsp3) is 0.150. The van der Waals surface area contributed by atoms with Crippen molar-refractivity contribution < 1.29 is 24.9 Å². The van der Waals surface area contributed by atoms with Crippen LogP contribution in [0.25, 0.3) is 10.8 Å². The zero-order valence-corrected chi connectivity index (χ0v) is 13.3. The van der Waals surface area contributed by atoms with Gasteiger partial charge >= 0.3 is 0 Å². The third-order valence-corrected chi connectivity index (χ3v) is 4.51. The number of phenolic OH excluding ortho intramolecular Hbond substituents is 2. The summed E-state index contributed by atoms with van der Waals surface area (Å²) in [5.41, 5.74) is 0.407. The summed E-state index contributed by atoms with van der Waals surface area (Å²) in [5, 5.41) is 31.7. The average molecular weight is 336 g/mol. The lowest BCUT2D eigenvalue weighted by Gasteiger charge is -2.23. The van der Waals surface area contributed by atoms with Gasteiger partial charge in [-0.3, -0.25) is 4.79 Å². The first-order chi connectivity index (χ1) is 12.1. The molecule has 0 spiro atoms. The Kier molecular flexibility index (Phi) is 3.58. The van der Waals surface area contributed by atoms with Crippen molar-refractivity contribution in [3.05, 3.63) is 59.7 Å². The van der Waals surface area contributed by atoms with E-state index in [1.165, 1.54) is 12.1 Å². The van der Waals surface area contributed by atoms with E-state index in [0.29, 0.717) is 11.1 Å². The number of ketones is 1. The standard InChI is InChI=1S/C20H16O5/c21-12-5-1-3-11-4-2-6-16(18(11)12)25-17-10-9-14(23)19-13(22)7-8-15(24)20(17)19/h1-6,9-10,13,21-23H,7-8H2. The van der Waals surface area contributed by atoms with Crippen molar-refractivity contribution in [2.24, 2.45) is 0 Å². The number of carbonyl (C=O) groups excluding carboxylic acids is 1. The maximum Gasteiger partial charge on any atom is 0.167 e. The molecule has 126 valence electrons. The Morgan fingerprint density at radius 3 is 2.48 bits per heavy atom. The zero-order chi connectivity index (χ0) is 17.6.